The van der Waals surface area contributed by atoms with Gasteiger partial charge in [0.1, 0.15) is 18.0 Å². The molecule has 0 aromatic carbocycles. The van der Waals surface area contributed by atoms with Crippen molar-refractivity contribution in [3.63, 3.8) is 0 Å². The second-order valence-electron chi connectivity index (χ2n) is 6.48. The fraction of sp³-hybridized carbons (Fsp3) is 0.750. The van der Waals surface area contributed by atoms with Crippen LogP contribution >= 0.6 is 0 Å². The summed E-state index contributed by atoms with van der Waals surface area (Å²) in [5, 5.41) is 0. The largest absolute Gasteiger partial charge is 0.356 e. The normalized spacial score (nSPS) is 20.4. The standard InChI is InChI=1S/C16H27N5O2S/c1-2-12-24(22,23)21-10-8-20(9-11-21)16-13-15(17-14-18-16)19-6-4-3-5-7-19/h13-14H,2-12H2,1H3. The van der Waals surface area contributed by atoms with E-state index in [-0.39, 0.29) is 5.75 Å². The van der Waals surface area contributed by atoms with Crippen molar-refractivity contribution >= 4 is 21.7 Å². The molecular weight excluding hydrogens is 326 g/mol. The lowest BCUT2D eigenvalue weighted by atomic mass is 10.1. The SMILES string of the molecule is CCCS(=O)(=O)N1CCN(c2cc(N3CCCCC3)ncn2)CC1. The van der Waals surface area contributed by atoms with Gasteiger partial charge < -0.3 is 9.80 Å². The topological polar surface area (TPSA) is 69.6 Å². The third-order valence-corrected chi connectivity index (χ3v) is 6.81. The molecule has 1 aromatic rings. The van der Waals surface area contributed by atoms with E-state index in [4.69, 9.17) is 0 Å². The smallest absolute Gasteiger partial charge is 0.214 e. The Morgan fingerprint density at radius 1 is 0.917 bits per heavy atom. The van der Waals surface area contributed by atoms with Crippen LogP contribution in [0.25, 0.3) is 0 Å². The summed E-state index contributed by atoms with van der Waals surface area (Å²) in [5.74, 6) is 2.12. The highest BCUT2D eigenvalue weighted by Crippen LogP contribution is 2.22. The Labute approximate surface area is 144 Å². The van der Waals surface area contributed by atoms with Gasteiger partial charge in [0.2, 0.25) is 10.0 Å². The van der Waals surface area contributed by atoms with E-state index in [1.807, 2.05) is 13.0 Å². The molecule has 8 heteroatoms. The number of piperidine rings is 1. The van der Waals surface area contributed by atoms with Gasteiger partial charge in [-0.15, -0.1) is 0 Å². The maximum absolute atomic E-state index is 12.2. The molecule has 3 rings (SSSR count). The van der Waals surface area contributed by atoms with E-state index in [0.717, 1.165) is 24.7 Å². The van der Waals surface area contributed by atoms with Crippen molar-refractivity contribution in [1.29, 1.82) is 0 Å². The third-order valence-electron chi connectivity index (χ3n) is 4.74. The third kappa shape index (κ3) is 3.97. The molecule has 0 amide bonds. The number of aromatic nitrogens is 2. The van der Waals surface area contributed by atoms with Gasteiger partial charge in [-0.1, -0.05) is 6.92 Å². The van der Waals surface area contributed by atoms with Crippen LogP contribution in [-0.4, -0.2) is 67.7 Å². The zero-order valence-electron chi connectivity index (χ0n) is 14.4. The van der Waals surface area contributed by atoms with Crippen LogP contribution in [0, 0.1) is 0 Å². The van der Waals surface area contributed by atoms with Crippen LogP contribution in [0.3, 0.4) is 0 Å². The van der Waals surface area contributed by atoms with Crippen molar-refractivity contribution in [1.82, 2.24) is 14.3 Å². The average molecular weight is 353 g/mol. The summed E-state index contributed by atoms with van der Waals surface area (Å²) in [6.07, 6.45) is 6.01. The van der Waals surface area contributed by atoms with Gasteiger partial charge in [0.05, 0.1) is 5.75 Å². The van der Waals surface area contributed by atoms with Crippen LogP contribution in [0.15, 0.2) is 12.4 Å². The fourth-order valence-corrected chi connectivity index (χ4v) is 4.88. The number of hydrogen-bond donors (Lipinski definition) is 0. The van der Waals surface area contributed by atoms with Gasteiger partial charge >= 0.3 is 0 Å². The van der Waals surface area contributed by atoms with E-state index in [1.165, 1.54) is 19.3 Å². The minimum absolute atomic E-state index is 0.236. The minimum Gasteiger partial charge on any atom is -0.356 e. The van der Waals surface area contributed by atoms with Crippen molar-refractivity contribution in [3.8, 4) is 0 Å². The first-order valence-corrected chi connectivity index (χ1v) is 10.5. The summed E-state index contributed by atoms with van der Waals surface area (Å²) < 4.78 is 25.9. The molecule has 2 aliphatic rings. The molecule has 2 aliphatic heterocycles. The molecule has 24 heavy (non-hydrogen) atoms. The molecule has 0 N–H and O–H groups in total. The molecule has 0 spiro atoms. The van der Waals surface area contributed by atoms with Crippen LogP contribution in [0.4, 0.5) is 11.6 Å². The van der Waals surface area contributed by atoms with Gasteiger partial charge in [-0.3, -0.25) is 0 Å². The van der Waals surface area contributed by atoms with Gasteiger partial charge in [-0.25, -0.2) is 18.4 Å². The second kappa shape index (κ2) is 7.65. The summed E-state index contributed by atoms with van der Waals surface area (Å²) in [6.45, 7) is 6.44. The van der Waals surface area contributed by atoms with E-state index in [9.17, 15) is 8.42 Å². The lowest BCUT2D eigenvalue weighted by molar-refractivity contribution is 0.383. The van der Waals surface area contributed by atoms with Gasteiger partial charge in [-0.05, 0) is 25.7 Å². The number of rotatable bonds is 5. The van der Waals surface area contributed by atoms with Crippen molar-refractivity contribution < 1.29 is 8.42 Å². The Kier molecular flexibility index (Phi) is 5.55. The van der Waals surface area contributed by atoms with Gasteiger partial charge in [0, 0.05) is 45.3 Å². The second-order valence-corrected chi connectivity index (χ2v) is 8.57. The van der Waals surface area contributed by atoms with Crippen LogP contribution in [0.1, 0.15) is 32.6 Å². The zero-order chi connectivity index (χ0) is 17.0. The molecule has 7 nitrogen and oxygen atoms in total. The number of hydrogen-bond acceptors (Lipinski definition) is 6. The van der Waals surface area contributed by atoms with E-state index in [1.54, 1.807) is 10.6 Å². The molecule has 2 saturated heterocycles. The molecule has 3 heterocycles. The predicted octanol–water partition coefficient (Wildman–Crippen LogP) is 1.33. The van der Waals surface area contributed by atoms with Crippen molar-refractivity contribution in [2.45, 2.75) is 32.6 Å². The Balaban J connectivity index is 1.64. The molecule has 0 saturated carbocycles. The molecule has 0 atom stereocenters. The maximum Gasteiger partial charge on any atom is 0.214 e. The minimum atomic E-state index is -3.10. The first-order chi connectivity index (χ1) is 11.6. The number of anilines is 2. The Morgan fingerprint density at radius 2 is 1.50 bits per heavy atom. The van der Waals surface area contributed by atoms with Gasteiger partial charge in [0.25, 0.3) is 0 Å². The van der Waals surface area contributed by atoms with Gasteiger partial charge in [0.15, 0.2) is 0 Å². The molecular formula is C16H27N5O2S. The molecule has 0 aliphatic carbocycles. The number of nitrogens with zero attached hydrogens (tertiary/aromatic N) is 5. The highest BCUT2D eigenvalue weighted by Gasteiger charge is 2.27. The van der Waals surface area contributed by atoms with E-state index < -0.39 is 10.0 Å². The lowest BCUT2D eigenvalue weighted by Gasteiger charge is -2.35. The number of piperazine rings is 1. The summed E-state index contributed by atoms with van der Waals surface area (Å²) >= 11 is 0. The molecule has 134 valence electrons. The van der Waals surface area contributed by atoms with Crippen LogP contribution in [0.5, 0.6) is 0 Å². The van der Waals surface area contributed by atoms with Crippen molar-refractivity contribution in [3.05, 3.63) is 12.4 Å². The summed E-state index contributed by atoms with van der Waals surface area (Å²) in [6, 6.07) is 2.04. The van der Waals surface area contributed by atoms with Crippen LogP contribution in [-0.2, 0) is 10.0 Å². The Morgan fingerprint density at radius 3 is 2.08 bits per heavy atom. The average Bonchev–Trinajstić information content (AvgIpc) is 2.63. The highest BCUT2D eigenvalue weighted by atomic mass is 32.2. The van der Waals surface area contributed by atoms with Crippen LogP contribution in [0.2, 0.25) is 0 Å². The quantitative estimate of drug-likeness (QED) is 0.795. The molecule has 0 radical (unpaired) electrons. The maximum atomic E-state index is 12.2. The van der Waals surface area contributed by atoms with Crippen LogP contribution < -0.4 is 9.80 Å². The molecule has 0 bridgehead atoms. The Hall–Kier alpha value is -1.41. The highest BCUT2D eigenvalue weighted by molar-refractivity contribution is 7.89. The first kappa shape index (κ1) is 17.4. The summed E-state index contributed by atoms with van der Waals surface area (Å²) in [5.41, 5.74) is 0. The van der Waals surface area contributed by atoms with Gasteiger partial charge in [-0.2, -0.15) is 4.31 Å². The van der Waals surface area contributed by atoms with E-state index >= 15 is 0 Å². The first-order valence-electron chi connectivity index (χ1n) is 8.90. The fourth-order valence-electron chi connectivity index (χ4n) is 3.39. The molecule has 1 aromatic heterocycles. The lowest BCUT2D eigenvalue weighted by Crippen LogP contribution is -2.49. The Bertz CT molecular complexity index is 638. The van der Waals surface area contributed by atoms with Crippen molar-refractivity contribution in [2.24, 2.45) is 0 Å². The summed E-state index contributed by atoms with van der Waals surface area (Å²) in [4.78, 5) is 13.3. The van der Waals surface area contributed by atoms with Crippen molar-refractivity contribution in [2.75, 3.05) is 54.8 Å². The molecule has 2 fully saturated rings. The summed E-state index contributed by atoms with van der Waals surface area (Å²) in [7, 11) is -3.10. The molecule has 0 unspecified atom stereocenters. The zero-order valence-corrected chi connectivity index (χ0v) is 15.2. The van der Waals surface area contributed by atoms with E-state index in [0.29, 0.717) is 32.6 Å². The van der Waals surface area contributed by atoms with E-state index in [2.05, 4.69) is 19.8 Å². The number of sulfonamides is 1. The predicted molar refractivity (Wildman–Crippen MR) is 96.0 cm³/mol. The monoisotopic (exact) mass is 353 g/mol.